The van der Waals surface area contributed by atoms with Gasteiger partial charge in [-0.25, -0.2) is 0 Å². The number of hydrogen-bond acceptors (Lipinski definition) is 3. The average molecular weight is 496 g/mol. The molecule has 0 unspecified atom stereocenters. The van der Waals surface area contributed by atoms with Crippen molar-refractivity contribution in [3.05, 3.63) is 34.9 Å². The molecule has 0 saturated heterocycles. The van der Waals surface area contributed by atoms with E-state index in [1.54, 1.807) is 18.2 Å². The Bertz CT molecular complexity index is 867. The van der Waals surface area contributed by atoms with Crippen molar-refractivity contribution < 1.29 is 14.4 Å². The molecule has 3 fully saturated rings. The molecule has 6 heteroatoms. The van der Waals surface area contributed by atoms with Crippen LogP contribution in [0.2, 0.25) is 0 Å². The molecule has 0 heterocycles. The molecule has 1 aromatic rings. The number of amides is 3. The molecule has 0 atom stereocenters. The van der Waals surface area contributed by atoms with Crippen LogP contribution >= 0.6 is 0 Å². The van der Waals surface area contributed by atoms with Gasteiger partial charge < -0.3 is 16.0 Å². The summed E-state index contributed by atoms with van der Waals surface area (Å²) in [5.41, 5.74) is 0.833. The Kier molecular flexibility index (Phi) is 9.08. The zero-order valence-electron chi connectivity index (χ0n) is 22.4. The summed E-state index contributed by atoms with van der Waals surface area (Å²) in [6.07, 6.45) is 12.2. The third kappa shape index (κ3) is 6.89. The highest BCUT2D eigenvalue weighted by Gasteiger charge is 2.30. The van der Waals surface area contributed by atoms with Gasteiger partial charge in [0.05, 0.1) is 16.7 Å². The van der Waals surface area contributed by atoms with Crippen molar-refractivity contribution in [1.29, 1.82) is 0 Å². The fraction of sp³-hybridized carbons (Fsp3) is 0.700. The maximum absolute atomic E-state index is 13.6. The lowest BCUT2D eigenvalue weighted by molar-refractivity contribution is 0.0873. The zero-order valence-corrected chi connectivity index (χ0v) is 22.4. The first-order valence-electron chi connectivity index (χ1n) is 14.4. The van der Waals surface area contributed by atoms with E-state index in [2.05, 4.69) is 36.7 Å². The summed E-state index contributed by atoms with van der Waals surface area (Å²) < 4.78 is 0. The van der Waals surface area contributed by atoms with Gasteiger partial charge in [-0.05, 0) is 107 Å². The third-order valence-corrected chi connectivity index (χ3v) is 8.83. The summed E-state index contributed by atoms with van der Waals surface area (Å²) in [7, 11) is 0. The van der Waals surface area contributed by atoms with Crippen molar-refractivity contribution in [3.8, 4) is 0 Å². The Hall–Kier alpha value is -2.37. The van der Waals surface area contributed by atoms with Crippen molar-refractivity contribution in [2.45, 2.75) is 116 Å². The normalized spacial score (nSPS) is 30.8. The molecule has 0 spiro atoms. The maximum Gasteiger partial charge on any atom is 0.253 e. The summed E-state index contributed by atoms with van der Waals surface area (Å²) in [6.45, 7) is 6.75. The molecular weight excluding hydrogens is 450 g/mol. The monoisotopic (exact) mass is 495 g/mol. The molecule has 198 valence electrons. The van der Waals surface area contributed by atoms with Crippen molar-refractivity contribution in [3.63, 3.8) is 0 Å². The zero-order chi connectivity index (χ0) is 25.7. The van der Waals surface area contributed by atoms with E-state index in [-0.39, 0.29) is 41.4 Å². The minimum atomic E-state index is -0.306. The maximum atomic E-state index is 13.6. The number of hydrogen-bond donors (Lipinski definition) is 3. The van der Waals surface area contributed by atoms with Crippen LogP contribution in [0.5, 0.6) is 0 Å². The number of rotatable bonds is 6. The Morgan fingerprint density at radius 1 is 0.528 bits per heavy atom. The van der Waals surface area contributed by atoms with E-state index in [0.29, 0.717) is 28.9 Å². The predicted octanol–water partition coefficient (Wildman–Crippen LogP) is 5.61. The quantitative estimate of drug-likeness (QED) is 0.479. The van der Waals surface area contributed by atoms with Crippen LogP contribution in [-0.2, 0) is 0 Å². The first kappa shape index (κ1) is 26.7. The Morgan fingerprint density at radius 2 is 0.833 bits per heavy atom. The van der Waals surface area contributed by atoms with E-state index >= 15 is 0 Å². The van der Waals surface area contributed by atoms with Gasteiger partial charge in [-0.2, -0.15) is 0 Å². The summed E-state index contributed by atoms with van der Waals surface area (Å²) in [5.74, 6) is 1.24. The molecule has 0 radical (unpaired) electrons. The molecule has 36 heavy (non-hydrogen) atoms. The predicted molar refractivity (Wildman–Crippen MR) is 143 cm³/mol. The summed E-state index contributed by atoms with van der Waals surface area (Å²) in [6, 6.07) is 5.43. The summed E-state index contributed by atoms with van der Waals surface area (Å²) in [4.78, 5) is 40.5. The van der Waals surface area contributed by atoms with Crippen molar-refractivity contribution in [2.75, 3.05) is 0 Å². The highest BCUT2D eigenvalue weighted by Crippen LogP contribution is 2.27. The second-order valence-electron chi connectivity index (χ2n) is 12.0. The summed E-state index contributed by atoms with van der Waals surface area (Å²) in [5, 5.41) is 9.49. The highest BCUT2D eigenvalue weighted by atomic mass is 16.2. The van der Waals surface area contributed by atoms with Crippen LogP contribution in [0.25, 0.3) is 0 Å². The van der Waals surface area contributed by atoms with E-state index in [1.807, 2.05) is 0 Å². The lowest BCUT2D eigenvalue weighted by Crippen LogP contribution is -2.42. The molecule has 3 saturated carbocycles. The smallest absolute Gasteiger partial charge is 0.253 e. The molecule has 0 aromatic heterocycles. The Labute approximate surface area is 216 Å². The second-order valence-corrected chi connectivity index (χ2v) is 12.0. The van der Waals surface area contributed by atoms with Gasteiger partial charge in [-0.15, -0.1) is 0 Å². The largest absolute Gasteiger partial charge is 0.349 e. The van der Waals surface area contributed by atoms with Crippen molar-refractivity contribution >= 4 is 17.7 Å². The van der Waals surface area contributed by atoms with Gasteiger partial charge in [-0.3, -0.25) is 14.4 Å². The van der Waals surface area contributed by atoms with Crippen LogP contribution in [0.4, 0.5) is 0 Å². The standard InChI is InChI=1S/C30H45N3O3/c1-19-7-13-22(14-8-19)31-28(34)25-5-4-6-26(29(35)32-23-15-9-20(2)10-16-23)27(25)30(36)33-24-17-11-21(3)12-18-24/h4-6,19-24H,7-18H2,1-3H3,(H,31,34)(H,32,35)(H,33,36). The van der Waals surface area contributed by atoms with Gasteiger partial charge in [0.15, 0.2) is 0 Å². The average Bonchev–Trinajstić information content (AvgIpc) is 2.87. The van der Waals surface area contributed by atoms with Crippen molar-refractivity contribution in [1.82, 2.24) is 16.0 Å². The number of nitrogens with one attached hydrogen (secondary N) is 3. The molecular formula is C30H45N3O3. The van der Waals surface area contributed by atoms with Gasteiger partial charge in [0.1, 0.15) is 0 Å². The number of carbonyl (C=O) groups is 3. The number of carbonyl (C=O) groups excluding carboxylic acids is 3. The van der Waals surface area contributed by atoms with Crippen LogP contribution in [-0.4, -0.2) is 35.8 Å². The van der Waals surface area contributed by atoms with Gasteiger partial charge in [0.2, 0.25) is 0 Å². The lowest BCUT2D eigenvalue weighted by Gasteiger charge is -2.29. The van der Waals surface area contributed by atoms with E-state index in [9.17, 15) is 14.4 Å². The highest BCUT2D eigenvalue weighted by molar-refractivity contribution is 6.14. The molecule has 0 aliphatic heterocycles. The van der Waals surface area contributed by atoms with E-state index in [4.69, 9.17) is 0 Å². The van der Waals surface area contributed by atoms with E-state index in [0.717, 1.165) is 77.0 Å². The molecule has 3 aliphatic rings. The van der Waals surface area contributed by atoms with Crippen LogP contribution in [0.15, 0.2) is 18.2 Å². The SMILES string of the molecule is CC1CCC(NC(=O)c2cccc(C(=O)NC3CCC(C)CC3)c2C(=O)NC2CCC(C)CC2)CC1. The van der Waals surface area contributed by atoms with Gasteiger partial charge >= 0.3 is 0 Å². The van der Waals surface area contributed by atoms with E-state index < -0.39 is 0 Å². The molecule has 0 bridgehead atoms. The fourth-order valence-electron chi connectivity index (χ4n) is 6.17. The molecule has 6 nitrogen and oxygen atoms in total. The first-order chi connectivity index (χ1) is 17.3. The molecule has 3 amide bonds. The molecule has 1 aromatic carbocycles. The van der Waals surface area contributed by atoms with E-state index in [1.165, 1.54) is 0 Å². The van der Waals surface area contributed by atoms with Gasteiger partial charge in [0.25, 0.3) is 17.7 Å². The van der Waals surface area contributed by atoms with Crippen LogP contribution in [0.1, 0.15) is 129 Å². The van der Waals surface area contributed by atoms with Crippen LogP contribution in [0, 0.1) is 17.8 Å². The fourth-order valence-corrected chi connectivity index (χ4v) is 6.17. The molecule has 3 aliphatic carbocycles. The Morgan fingerprint density at radius 3 is 1.17 bits per heavy atom. The van der Waals surface area contributed by atoms with Gasteiger partial charge in [0, 0.05) is 18.1 Å². The molecule has 4 rings (SSSR count). The summed E-state index contributed by atoms with van der Waals surface area (Å²) >= 11 is 0. The van der Waals surface area contributed by atoms with Crippen LogP contribution < -0.4 is 16.0 Å². The minimum absolute atomic E-state index is 0.0837. The number of benzene rings is 1. The third-order valence-electron chi connectivity index (χ3n) is 8.83. The Balaban J connectivity index is 1.55. The first-order valence-corrected chi connectivity index (χ1v) is 14.4. The van der Waals surface area contributed by atoms with Gasteiger partial charge in [-0.1, -0.05) is 26.8 Å². The second kappa shape index (κ2) is 12.2. The lowest BCUT2D eigenvalue weighted by atomic mass is 9.86. The topological polar surface area (TPSA) is 87.3 Å². The molecule has 3 N–H and O–H groups in total. The minimum Gasteiger partial charge on any atom is -0.349 e. The van der Waals surface area contributed by atoms with Crippen LogP contribution in [0.3, 0.4) is 0 Å². The van der Waals surface area contributed by atoms with Crippen molar-refractivity contribution in [2.24, 2.45) is 17.8 Å².